The number of halogens is 3. The lowest BCUT2D eigenvalue weighted by molar-refractivity contribution is -0.141. The molecule has 0 saturated carbocycles. The Balaban J connectivity index is 1.55. The van der Waals surface area contributed by atoms with Crippen LogP contribution in [-0.2, 0) is 17.5 Å². The minimum atomic E-state index is -4.55. The highest BCUT2D eigenvalue weighted by molar-refractivity contribution is 5.76. The van der Waals surface area contributed by atoms with E-state index in [0.29, 0.717) is 26.2 Å². The molecule has 1 N–H and O–H groups in total. The van der Waals surface area contributed by atoms with Crippen molar-refractivity contribution >= 4 is 11.7 Å². The van der Waals surface area contributed by atoms with Crippen LogP contribution < -0.4 is 16.1 Å². The summed E-state index contributed by atoms with van der Waals surface area (Å²) < 4.78 is 39.5. The normalized spacial score (nSPS) is 15.0. The number of aryl methyl sites for hydroxylation is 1. The highest BCUT2D eigenvalue weighted by Gasteiger charge is 2.33. The first-order valence-corrected chi connectivity index (χ1v) is 8.46. The van der Waals surface area contributed by atoms with Gasteiger partial charge in [-0.15, -0.1) is 0 Å². The van der Waals surface area contributed by atoms with Crippen LogP contribution in [0.1, 0.15) is 12.1 Å². The fourth-order valence-electron chi connectivity index (χ4n) is 2.85. The third-order valence-electron chi connectivity index (χ3n) is 4.36. The van der Waals surface area contributed by atoms with Crippen LogP contribution in [0.15, 0.2) is 34.2 Å². The van der Waals surface area contributed by atoms with Crippen molar-refractivity contribution in [1.82, 2.24) is 24.4 Å². The minimum absolute atomic E-state index is 0.0671. The molecular weight excluding hydrogens is 381 g/mol. The maximum atomic E-state index is 12.8. The summed E-state index contributed by atoms with van der Waals surface area (Å²) in [4.78, 5) is 47.4. The number of rotatable bonds is 4. The predicted molar refractivity (Wildman–Crippen MR) is 91.8 cm³/mol. The summed E-state index contributed by atoms with van der Waals surface area (Å²) in [6.45, 7) is 1.43. The van der Waals surface area contributed by atoms with E-state index < -0.39 is 23.1 Å². The van der Waals surface area contributed by atoms with Crippen molar-refractivity contribution in [2.75, 3.05) is 31.1 Å². The average molecular weight is 398 g/mol. The molecule has 0 spiro atoms. The monoisotopic (exact) mass is 398 g/mol. The summed E-state index contributed by atoms with van der Waals surface area (Å²) in [6, 6.07) is 2.08. The lowest BCUT2D eigenvalue weighted by Crippen LogP contribution is -2.49. The molecule has 2 aromatic heterocycles. The number of aromatic amines is 1. The van der Waals surface area contributed by atoms with Gasteiger partial charge >= 0.3 is 11.9 Å². The number of anilines is 1. The number of H-pyrrole nitrogens is 1. The van der Waals surface area contributed by atoms with Crippen LogP contribution in [0, 0.1) is 0 Å². The van der Waals surface area contributed by atoms with Crippen molar-refractivity contribution in [2.45, 2.75) is 19.1 Å². The molecule has 9 nitrogen and oxygen atoms in total. The molecule has 28 heavy (non-hydrogen) atoms. The summed E-state index contributed by atoms with van der Waals surface area (Å²) in [6.07, 6.45) is -2.29. The molecule has 2 aromatic rings. The summed E-state index contributed by atoms with van der Waals surface area (Å²) in [5.41, 5.74) is -2.11. The van der Waals surface area contributed by atoms with E-state index in [9.17, 15) is 27.6 Å². The first kappa shape index (κ1) is 19.6. The highest BCUT2D eigenvalue weighted by atomic mass is 19.4. The molecule has 3 rings (SSSR count). The number of carbonyl (C=O) groups excluding carboxylic acids is 1. The maximum absolute atomic E-state index is 12.8. The van der Waals surface area contributed by atoms with Crippen molar-refractivity contribution < 1.29 is 18.0 Å². The zero-order chi connectivity index (χ0) is 20.3. The van der Waals surface area contributed by atoms with Gasteiger partial charge in [-0.05, 0) is 0 Å². The Bertz CT molecular complexity index is 963. The third kappa shape index (κ3) is 4.56. The quantitative estimate of drug-likeness (QED) is 0.783. The summed E-state index contributed by atoms with van der Waals surface area (Å²) in [7, 11) is 0. The second-order valence-corrected chi connectivity index (χ2v) is 6.18. The van der Waals surface area contributed by atoms with Gasteiger partial charge in [0.2, 0.25) is 5.91 Å². The molecule has 1 saturated heterocycles. The van der Waals surface area contributed by atoms with Gasteiger partial charge in [0.1, 0.15) is 17.8 Å². The predicted octanol–water partition coefficient (Wildman–Crippen LogP) is 0.0843. The van der Waals surface area contributed by atoms with Crippen LogP contribution >= 0.6 is 0 Å². The van der Waals surface area contributed by atoms with Crippen molar-refractivity contribution in [3.8, 4) is 0 Å². The van der Waals surface area contributed by atoms with Gasteiger partial charge in [0, 0.05) is 57.5 Å². The van der Waals surface area contributed by atoms with E-state index in [1.54, 1.807) is 9.80 Å². The molecule has 1 aliphatic heterocycles. The second-order valence-electron chi connectivity index (χ2n) is 6.18. The number of aromatic nitrogens is 4. The molecule has 1 amide bonds. The van der Waals surface area contributed by atoms with Crippen LogP contribution in [-0.4, -0.2) is 56.5 Å². The van der Waals surface area contributed by atoms with Crippen molar-refractivity contribution in [3.63, 3.8) is 0 Å². The molecule has 0 aromatic carbocycles. The Morgan fingerprint density at radius 3 is 2.50 bits per heavy atom. The Hall–Kier alpha value is -3.18. The summed E-state index contributed by atoms with van der Waals surface area (Å²) in [5, 5.41) is 0. The lowest BCUT2D eigenvalue weighted by Gasteiger charge is -2.35. The number of nitrogens with one attached hydrogen (secondary N) is 1. The minimum Gasteiger partial charge on any atom is -0.353 e. The molecule has 150 valence electrons. The van der Waals surface area contributed by atoms with E-state index >= 15 is 0 Å². The van der Waals surface area contributed by atoms with Gasteiger partial charge in [-0.2, -0.15) is 13.2 Å². The van der Waals surface area contributed by atoms with Crippen molar-refractivity contribution in [1.29, 1.82) is 0 Å². The molecular formula is C16H17F3N6O3. The van der Waals surface area contributed by atoms with Crippen LogP contribution in [0.2, 0.25) is 0 Å². The average Bonchev–Trinajstić information content (AvgIpc) is 2.67. The Morgan fingerprint density at radius 1 is 1.14 bits per heavy atom. The number of alkyl halides is 3. The molecule has 12 heteroatoms. The Morgan fingerprint density at radius 2 is 1.86 bits per heavy atom. The van der Waals surface area contributed by atoms with Crippen molar-refractivity contribution in [3.05, 3.63) is 51.2 Å². The second kappa shape index (κ2) is 7.82. The summed E-state index contributed by atoms with van der Waals surface area (Å²) >= 11 is 0. The number of carbonyl (C=O) groups is 1. The lowest BCUT2D eigenvalue weighted by atomic mass is 10.2. The van der Waals surface area contributed by atoms with E-state index in [4.69, 9.17) is 0 Å². The molecule has 0 radical (unpaired) electrons. The number of hydrogen-bond acceptors (Lipinski definition) is 6. The molecule has 1 aliphatic rings. The van der Waals surface area contributed by atoms with Crippen molar-refractivity contribution in [2.24, 2.45) is 0 Å². The molecule has 0 bridgehead atoms. The Labute approximate surface area is 156 Å². The topological polar surface area (TPSA) is 104 Å². The van der Waals surface area contributed by atoms with Crippen LogP contribution in [0.5, 0.6) is 0 Å². The Kier molecular flexibility index (Phi) is 5.47. The van der Waals surface area contributed by atoms with Crippen LogP contribution in [0.25, 0.3) is 0 Å². The van der Waals surface area contributed by atoms with E-state index in [-0.39, 0.29) is 24.7 Å². The van der Waals surface area contributed by atoms with Gasteiger partial charge in [-0.3, -0.25) is 14.6 Å². The van der Waals surface area contributed by atoms with Gasteiger partial charge in [0.25, 0.3) is 5.56 Å². The largest absolute Gasteiger partial charge is 0.433 e. The maximum Gasteiger partial charge on any atom is 0.433 e. The van der Waals surface area contributed by atoms with Gasteiger partial charge in [-0.25, -0.2) is 14.8 Å². The number of amides is 1. The van der Waals surface area contributed by atoms with Gasteiger partial charge in [0.15, 0.2) is 0 Å². The first-order valence-electron chi connectivity index (χ1n) is 8.46. The molecule has 3 heterocycles. The van der Waals surface area contributed by atoms with Crippen LogP contribution in [0.3, 0.4) is 0 Å². The van der Waals surface area contributed by atoms with Gasteiger partial charge in [-0.1, -0.05) is 0 Å². The molecule has 0 aliphatic carbocycles. The first-order chi connectivity index (χ1) is 13.2. The van der Waals surface area contributed by atoms with E-state index in [0.717, 1.165) is 12.4 Å². The number of hydrogen-bond donors (Lipinski definition) is 1. The van der Waals surface area contributed by atoms with E-state index in [1.165, 1.54) is 16.8 Å². The van der Waals surface area contributed by atoms with Crippen LogP contribution in [0.4, 0.5) is 19.0 Å². The fourth-order valence-corrected chi connectivity index (χ4v) is 2.85. The van der Waals surface area contributed by atoms with E-state index in [2.05, 4.69) is 15.0 Å². The zero-order valence-corrected chi connectivity index (χ0v) is 14.6. The van der Waals surface area contributed by atoms with Gasteiger partial charge < -0.3 is 14.4 Å². The zero-order valence-electron chi connectivity index (χ0n) is 14.6. The molecule has 0 atom stereocenters. The number of piperazine rings is 1. The van der Waals surface area contributed by atoms with Gasteiger partial charge in [0.05, 0.1) is 0 Å². The van der Waals surface area contributed by atoms with E-state index in [1.807, 2.05) is 0 Å². The third-order valence-corrected chi connectivity index (χ3v) is 4.36. The SMILES string of the molecule is O=C(CCn1ccc(=O)[nH]c1=O)N1CCN(c2cc(C(F)(F)F)ncn2)CC1. The fraction of sp³-hybridized carbons (Fsp3) is 0.438. The highest BCUT2D eigenvalue weighted by Crippen LogP contribution is 2.29. The standard InChI is InChI=1S/C16H17F3N6O3/c17-16(18,19)11-9-12(21-10-20-11)23-5-7-24(8-6-23)14(27)2-4-25-3-1-13(26)22-15(25)28/h1,3,9-10H,2,4-8H2,(H,22,26,28). The molecule has 0 unspecified atom stereocenters. The summed E-state index contributed by atoms with van der Waals surface area (Å²) in [5.74, 6) is -0.0226. The number of nitrogens with zero attached hydrogens (tertiary/aromatic N) is 5. The molecule has 1 fully saturated rings. The smallest absolute Gasteiger partial charge is 0.353 e.